The number of aliphatic hydroxyl groups excluding tert-OH is 1. The fourth-order valence-electron chi connectivity index (χ4n) is 2.74. The largest absolute Gasteiger partial charge is 0.384 e. The molecule has 2 rings (SSSR count). The molecule has 0 saturated heterocycles. The van der Waals surface area contributed by atoms with Crippen LogP contribution in [0.4, 0.5) is 4.39 Å². The van der Waals surface area contributed by atoms with Crippen molar-refractivity contribution in [2.75, 3.05) is 13.1 Å². The molecule has 128 valence electrons. The highest BCUT2D eigenvalue weighted by Crippen LogP contribution is 2.32. The van der Waals surface area contributed by atoms with E-state index in [1.807, 2.05) is 42.5 Å². The zero-order chi connectivity index (χ0) is 17.7. The van der Waals surface area contributed by atoms with Crippen molar-refractivity contribution < 1.29 is 14.3 Å². The van der Waals surface area contributed by atoms with Crippen LogP contribution in [0.15, 0.2) is 54.6 Å². The predicted octanol–water partition coefficient (Wildman–Crippen LogP) is 3.98. The van der Waals surface area contributed by atoms with E-state index in [2.05, 4.69) is 0 Å². The third-order valence-electron chi connectivity index (χ3n) is 4.32. The Hall–Kier alpha value is -2.20. The summed E-state index contributed by atoms with van der Waals surface area (Å²) in [6.45, 7) is 5.55. The molecule has 0 spiro atoms. The van der Waals surface area contributed by atoms with Crippen molar-refractivity contribution >= 4 is 5.91 Å². The van der Waals surface area contributed by atoms with Crippen LogP contribution in [0.5, 0.6) is 0 Å². The number of rotatable bonds is 6. The van der Waals surface area contributed by atoms with Gasteiger partial charge in [-0.2, -0.15) is 0 Å². The van der Waals surface area contributed by atoms with Gasteiger partial charge in [0, 0.05) is 13.1 Å². The van der Waals surface area contributed by atoms with Gasteiger partial charge < -0.3 is 10.0 Å². The van der Waals surface area contributed by atoms with Crippen LogP contribution in [-0.4, -0.2) is 34.7 Å². The summed E-state index contributed by atoms with van der Waals surface area (Å²) in [6, 6.07) is 16.8. The van der Waals surface area contributed by atoms with E-state index < -0.39 is 17.7 Å². The average molecular weight is 329 g/mol. The van der Waals surface area contributed by atoms with Crippen LogP contribution < -0.4 is 0 Å². The van der Waals surface area contributed by atoms with Crippen molar-refractivity contribution in [3.05, 3.63) is 60.2 Å². The quantitative estimate of drug-likeness (QED) is 0.871. The number of halogens is 1. The second-order valence-corrected chi connectivity index (χ2v) is 5.94. The second-order valence-electron chi connectivity index (χ2n) is 5.94. The number of nitrogens with zero attached hydrogens (tertiary/aromatic N) is 1. The van der Waals surface area contributed by atoms with Gasteiger partial charge in [-0.3, -0.25) is 4.79 Å². The summed E-state index contributed by atoms with van der Waals surface area (Å²) < 4.78 is 15.0. The lowest BCUT2D eigenvalue weighted by Crippen LogP contribution is -2.47. The van der Waals surface area contributed by atoms with Crippen molar-refractivity contribution in [2.24, 2.45) is 0 Å². The number of amides is 1. The molecule has 2 aromatic carbocycles. The van der Waals surface area contributed by atoms with Crippen LogP contribution in [0.3, 0.4) is 0 Å². The summed E-state index contributed by atoms with van der Waals surface area (Å²) in [6.07, 6.45) is -1.50. The molecule has 0 unspecified atom stereocenters. The Kier molecular flexibility index (Phi) is 5.73. The Morgan fingerprint density at radius 3 is 2.04 bits per heavy atom. The van der Waals surface area contributed by atoms with Gasteiger partial charge in [-0.1, -0.05) is 54.6 Å². The van der Waals surface area contributed by atoms with Gasteiger partial charge >= 0.3 is 0 Å². The molecule has 4 heteroatoms. The van der Waals surface area contributed by atoms with Crippen molar-refractivity contribution in [3.8, 4) is 11.1 Å². The molecule has 1 N–H and O–H groups in total. The Labute approximate surface area is 142 Å². The van der Waals surface area contributed by atoms with E-state index in [1.54, 1.807) is 26.0 Å². The SMILES string of the molecule is CCN(CC)C(=O)[C@](C)(F)[C@@H](O)c1ccc(-c2ccccc2)cc1. The maximum Gasteiger partial charge on any atom is 0.263 e. The number of benzene rings is 2. The number of carbonyl (C=O) groups is 1. The second kappa shape index (κ2) is 7.58. The Balaban J connectivity index is 2.23. The molecule has 3 nitrogen and oxygen atoms in total. The minimum atomic E-state index is -2.36. The fourth-order valence-corrected chi connectivity index (χ4v) is 2.74. The maximum absolute atomic E-state index is 15.0. The van der Waals surface area contributed by atoms with E-state index >= 15 is 0 Å². The van der Waals surface area contributed by atoms with Gasteiger partial charge in [-0.05, 0) is 37.5 Å². The first-order valence-electron chi connectivity index (χ1n) is 8.23. The van der Waals surface area contributed by atoms with Gasteiger partial charge in [0.15, 0.2) is 0 Å². The molecule has 0 aliphatic rings. The lowest BCUT2D eigenvalue weighted by atomic mass is 9.92. The van der Waals surface area contributed by atoms with Crippen molar-refractivity contribution in [2.45, 2.75) is 32.5 Å². The van der Waals surface area contributed by atoms with E-state index in [9.17, 15) is 14.3 Å². The summed E-state index contributed by atoms with van der Waals surface area (Å²) in [7, 11) is 0. The highest BCUT2D eigenvalue weighted by Gasteiger charge is 2.43. The van der Waals surface area contributed by atoms with Crippen molar-refractivity contribution in [1.82, 2.24) is 4.90 Å². The third kappa shape index (κ3) is 3.65. The highest BCUT2D eigenvalue weighted by atomic mass is 19.1. The average Bonchev–Trinajstić information content (AvgIpc) is 2.63. The number of alkyl halides is 1. The Morgan fingerprint density at radius 1 is 1.04 bits per heavy atom. The summed E-state index contributed by atoms with van der Waals surface area (Å²) in [5.41, 5.74) is 0.0449. The number of carbonyl (C=O) groups excluding carboxylic acids is 1. The molecule has 2 aromatic rings. The summed E-state index contributed by atoms with van der Waals surface area (Å²) in [4.78, 5) is 13.7. The molecular weight excluding hydrogens is 305 g/mol. The molecule has 0 aliphatic carbocycles. The smallest absolute Gasteiger partial charge is 0.263 e. The van der Waals surface area contributed by atoms with E-state index in [0.29, 0.717) is 18.7 Å². The molecular formula is C20H24FNO2. The van der Waals surface area contributed by atoms with Gasteiger partial charge in [-0.25, -0.2) is 4.39 Å². The molecule has 0 aromatic heterocycles. The fraction of sp³-hybridized carbons (Fsp3) is 0.350. The normalized spacial score (nSPS) is 14.7. The molecule has 24 heavy (non-hydrogen) atoms. The van der Waals surface area contributed by atoms with Crippen LogP contribution in [0.1, 0.15) is 32.4 Å². The van der Waals surface area contributed by atoms with Crippen LogP contribution in [0, 0.1) is 0 Å². The first-order chi connectivity index (χ1) is 11.4. The first-order valence-corrected chi connectivity index (χ1v) is 8.23. The minimum absolute atomic E-state index is 0.389. The van der Waals surface area contributed by atoms with Gasteiger partial charge in [0.05, 0.1) is 0 Å². The van der Waals surface area contributed by atoms with Gasteiger partial charge in [0.1, 0.15) is 6.10 Å². The standard InChI is InChI=1S/C20H24FNO2/c1-4-22(5-2)19(24)20(3,21)18(23)17-13-11-16(12-14-17)15-9-7-6-8-10-15/h6-14,18,23H,4-5H2,1-3H3/t18-,20+/m0/s1. The maximum atomic E-state index is 15.0. The topological polar surface area (TPSA) is 40.5 Å². The number of aliphatic hydroxyl groups is 1. The highest BCUT2D eigenvalue weighted by molar-refractivity contribution is 5.85. The molecule has 0 fully saturated rings. The van der Waals surface area contributed by atoms with Crippen molar-refractivity contribution in [1.29, 1.82) is 0 Å². The molecule has 2 atom stereocenters. The molecule has 0 heterocycles. The summed E-state index contributed by atoms with van der Waals surface area (Å²) >= 11 is 0. The van der Waals surface area contributed by atoms with Gasteiger partial charge in [0.2, 0.25) is 5.67 Å². The van der Waals surface area contributed by atoms with E-state index in [4.69, 9.17) is 0 Å². The van der Waals surface area contributed by atoms with Gasteiger partial charge in [-0.15, -0.1) is 0 Å². The van der Waals surface area contributed by atoms with Gasteiger partial charge in [0.25, 0.3) is 5.91 Å². The molecule has 0 saturated carbocycles. The lowest BCUT2D eigenvalue weighted by Gasteiger charge is -2.31. The van der Waals surface area contributed by atoms with Crippen LogP contribution in [-0.2, 0) is 4.79 Å². The monoisotopic (exact) mass is 329 g/mol. The van der Waals surface area contributed by atoms with Crippen LogP contribution in [0.2, 0.25) is 0 Å². The summed E-state index contributed by atoms with van der Waals surface area (Å²) in [5.74, 6) is -0.688. The van der Waals surface area contributed by atoms with E-state index in [1.165, 1.54) is 4.90 Å². The zero-order valence-electron chi connectivity index (χ0n) is 14.4. The predicted molar refractivity (Wildman–Crippen MR) is 94.3 cm³/mol. The third-order valence-corrected chi connectivity index (χ3v) is 4.32. The molecule has 0 bridgehead atoms. The lowest BCUT2D eigenvalue weighted by molar-refractivity contribution is -0.150. The molecule has 0 aliphatic heterocycles. The van der Waals surface area contributed by atoms with E-state index in [-0.39, 0.29) is 0 Å². The Morgan fingerprint density at radius 2 is 1.54 bits per heavy atom. The van der Waals surface area contributed by atoms with Crippen LogP contribution in [0.25, 0.3) is 11.1 Å². The minimum Gasteiger partial charge on any atom is -0.384 e. The first kappa shape index (κ1) is 18.1. The van der Waals surface area contributed by atoms with E-state index in [0.717, 1.165) is 18.1 Å². The number of hydrogen-bond acceptors (Lipinski definition) is 2. The zero-order valence-corrected chi connectivity index (χ0v) is 14.4. The number of hydrogen-bond donors (Lipinski definition) is 1. The van der Waals surface area contributed by atoms with Crippen molar-refractivity contribution in [3.63, 3.8) is 0 Å². The Bertz CT molecular complexity index is 664. The molecule has 0 radical (unpaired) electrons. The summed E-state index contributed by atoms with van der Waals surface area (Å²) in [5, 5.41) is 10.4. The molecule has 1 amide bonds. The van der Waals surface area contributed by atoms with Crippen LogP contribution >= 0.6 is 0 Å².